The summed E-state index contributed by atoms with van der Waals surface area (Å²) in [4.78, 5) is 34.1. The summed E-state index contributed by atoms with van der Waals surface area (Å²) in [6.45, 7) is -0.728. The molecule has 0 saturated carbocycles. The number of rotatable bonds is 5. The molecule has 6 nitrogen and oxygen atoms in total. The number of nitrogens with zero attached hydrogens (tertiary/aromatic N) is 1. The minimum atomic E-state index is -1.51. The van der Waals surface area contributed by atoms with Crippen LogP contribution in [-0.2, 0) is 9.59 Å². The standard InChI is InChI=1S/C11H11NO5S/c13-8(14)6-12(10(18)11(16)17)9(15)7-4-2-1-3-5-7/h1-5,10,18H,6H2,(H,13,14)(H,16,17). The molecule has 0 heterocycles. The summed E-state index contributed by atoms with van der Waals surface area (Å²) < 4.78 is 0. The summed E-state index contributed by atoms with van der Waals surface area (Å²) in [5, 5.41) is 16.0. The highest BCUT2D eigenvalue weighted by molar-refractivity contribution is 7.81. The minimum Gasteiger partial charge on any atom is -0.480 e. The maximum Gasteiger partial charge on any atom is 0.336 e. The van der Waals surface area contributed by atoms with Gasteiger partial charge in [-0.2, -0.15) is 0 Å². The Morgan fingerprint density at radius 2 is 1.72 bits per heavy atom. The fourth-order valence-corrected chi connectivity index (χ4v) is 1.48. The normalized spacial score (nSPS) is 11.6. The number of hydrogen-bond donors (Lipinski definition) is 3. The zero-order valence-corrected chi connectivity index (χ0v) is 10.1. The van der Waals surface area contributed by atoms with Crippen LogP contribution in [0.4, 0.5) is 0 Å². The third-order valence-electron chi connectivity index (χ3n) is 2.10. The van der Waals surface area contributed by atoms with Crippen LogP contribution in [0.3, 0.4) is 0 Å². The molecular formula is C11H11NO5S. The van der Waals surface area contributed by atoms with E-state index in [0.717, 1.165) is 0 Å². The Morgan fingerprint density at radius 3 is 2.17 bits per heavy atom. The van der Waals surface area contributed by atoms with Gasteiger partial charge in [0.2, 0.25) is 0 Å². The molecule has 0 aliphatic carbocycles. The molecule has 0 radical (unpaired) electrons. The predicted molar refractivity (Wildman–Crippen MR) is 65.5 cm³/mol. The number of aliphatic carboxylic acids is 2. The minimum absolute atomic E-state index is 0.207. The molecule has 7 heteroatoms. The van der Waals surface area contributed by atoms with Crippen molar-refractivity contribution in [3.63, 3.8) is 0 Å². The summed E-state index contributed by atoms with van der Waals surface area (Å²) >= 11 is 3.73. The van der Waals surface area contributed by atoms with Crippen molar-refractivity contribution in [3.05, 3.63) is 35.9 Å². The van der Waals surface area contributed by atoms with E-state index in [1.807, 2.05) is 0 Å². The largest absolute Gasteiger partial charge is 0.480 e. The van der Waals surface area contributed by atoms with Crippen molar-refractivity contribution in [2.24, 2.45) is 0 Å². The van der Waals surface area contributed by atoms with Gasteiger partial charge >= 0.3 is 11.9 Å². The Kier molecular flexibility index (Phi) is 4.73. The second kappa shape index (κ2) is 6.06. The first-order valence-corrected chi connectivity index (χ1v) is 5.44. The highest BCUT2D eigenvalue weighted by Crippen LogP contribution is 2.11. The number of carboxylic acids is 2. The highest BCUT2D eigenvalue weighted by Gasteiger charge is 2.28. The van der Waals surface area contributed by atoms with Gasteiger partial charge < -0.3 is 15.1 Å². The average molecular weight is 269 g/mol. The molecule has 1 aromatic rings. The molecule has 0 aliphatic rings. The second-order valence-corrected chi connectivity index (χ2v) is 3.89. The number of hydrogen-bond acceptors (Lipinski definition) is 4. The SMILES string of the molecule is O=C(O)CN(C(=O)c1ccccc1)C(S)C(=O)O. The van der Waals surface area contributed by atoms with E-state index < -0.39 is 29.8 Å². The molecule has 0 spiro atoms. The monoisotopic (exact) mass is 269 g/mol. The van der Waals surface area contributed by atoms with Crippen molar-refractivity contribution in [3.8, 4) is 0 Å². The Bertz CT molecular complexity index is 462. The van der Waals surface area contributed by atoms with Gasteiger partial charge in [-0.1, -0.05) is 18.2 Å². The Morgan fingerprint density at radius 1 is 1.17 bits per heavy atom. The fourth-order valence-electron chi connectivity index (χ4n) is 1.29. The van der Waals surface area contributed by atoms with Gasteiger partial charge in [-0.15, -0.1) is 12.6 Å². The van der Waals surface area contributed by atoms with Crippen LogP contribution in [0.2, 0.25) is 0 Å². The first kappa shape index (κ1) is 14.0. The summed E-state index contributed by atoms with van der Waals surface area (Å²) in [6.07, 6.45) is 0. The van der Waals surface area contributed by atoms with Crippen molar-refractivity contribution in [2.45, 2.75) is 5.37 Å². The van der Waals surface area contributed by atoms with E-state index in [0.29, 0.717) is 4.90 Å². The summed E-state index contributed by atoms with van der Waals surface area (Å²) in [6, 6.07) is 7.83. The van der Waals surface area contributed by atoms with Gasteiger partial charge in [-0.05, 0) is 12.1 Å². The van der Waals surface area contributed by atoms with E-state index in [4.69, 9.17) is 10.2 Å². The van der Waals surface area contributed by atoms with Crippen LogP contribution in [0.15, 0.2) is 30.3 Å². The zero-order valence-electron chi connectivity index (χ0n) is 9.18. The topological polar surface area (TPSA) is 94.9 Å². The average Bonchev–Trinajstić information content (AvgIpc) is 2.35. The van der Waals surface area contributed by atoms with Crippen molar-refractivity contribution in [1.29, 1.82) is 0 Å². The van der Waals surface area contributed by atoms with Crippen LogP contribution >= 0.6 is 12.6 Å². The molecule has 1 unspecified atom stereocenters. The van der Waals surface area contributed by atoms with Crippen molar-refractivity contribution in [2.75, 3.05) is 6.54 Å². The van der Waals surface area contributed by atoms with Gasteiger partial charge in [0.05, 0.1) is 0 Å². The smallest absolute Gasteiger partial charge is 0.336 e. The third-order valence-corrected chi connectivity index (χ3v) is 2.60. The third kappa shape index (κ3) is 3.49. The van der Waals surface area contributed by atoms with Gasteiger partial charge in [0, 0.05) is 5.56 Å². The van der Waals surface area contributed by atoms with E-state index in [-0.39, 0.29) is 5.56 Å². The Labute approximate surface area is 108 Å². The van der Waals surface area contributed by atoms with Gasteiger partial charge in [0.15, 0.2) is 5.37 Å². The molecule has 18 heavy (non-hydrogen) atoms. The van der Waals surface area contributed by atoms with Gasteiger partial charge in [-0.25, -0.2) is 4.79 Å². The lowest BCUT2D eigenvalue weighted by molar-refractivity contribution is -0.141. The summed E-state index contributed by atoms with van der Waals surface area (Å²) in [5.41, 5.74) is 0.207. The van der Waals surface area contributed by atoms with Crippen LogP contribution in [0, 0.1) is 0 Å². The molecule has 1 aromatic carbocycles. The van der Waals surface area contributed by atoms with Crippen molar-refractivity contribution < 1.29 is 24.6 Å². The molecule has 0 bridgehead atoms. The molecule has 0 saturated heterocycles. The summed E-state index contributed by atoms with van der Waals surface area (Å²) in [7, 11) is 0. The van der Waals surface area contributed by atoms with E-state index in [1.165, 1.54) is 12.1 Å². The molecule has 0 aliphatic heterocycles. The number of carbonyl (C=O) groups excluding carboxylic acids is 1. The highest BCUT2D eigenvalue weighted by atomic mass is 32.1. The number of benzene rings is 1. The lowest BCUT2D eigenvalue weighted by Gasteiger charge is -2.23. The summed E-state index contributed by atoms with van der Waals surface area (Å²) in [5.74, 6) is -3.39. The number of thiol groups is 1. The fraction of sp³-hybridized carbons (Fsp3) is 0.182. The molecule has 0 aromatic heterocycles. The van der Waals surface area contributed by atoms with Gasteiger partial charge in [0.1, 0.15) is 6.54 Å². The van der Waals surface area contributed by atoms with Crippen LogP contribution in [0.25, 0.3) is 0 Å². The van der Waals surface area contributed by atoms with Crippen LogP contribution < -0.4 is 0 Å². The lowest BCUT2D eigenvalue weighted by Crippen LogP contribution is -2.44. The first-order valence-electron chi connectivity index (χ1n) is 4.92. The zero-order chi connectivity index (χ0) is 13.7. The molecule has 1 atom stereocenters. The maximum atomic E-state index is 12.0. The maximum absolute atomic E-state index is 12.0. The Balaban J connectivity index is 3.00. The number of carboxylic acid groups (broad SMARTS) is 2. The predicted octanol–water partition coefficient (Wildman–Crippen LogP) is 0.554. The lowest BCUT2D eigenvalue weighted by atomic mass is 10.2. The molecule has 2 N–H and O–H groups in total. The van der Waals surface area contributed by atoms with E-state index in [1.54, 1.807) is 18.2 Å². The molecule has 1 rings (SSSR count). The Hall–Kier alpha value is -2.02. The number of amides is 1. The number of carbonyl (C=O) groups is 3. The van der Waals surface area contributed by atoms with Gasteiger partial charge in [0.25, 0.3) is 5.91 Å². The molecule has 0 fully saturated rings. The van der Waals surface area contributed by atoms with E-state index >= 15 is 0 Å². The molecular weight excluding hydrogens is 258 g/mol. The molecule has 96 valence electrons. The molecule has 1 amide bonds. The van der Waals surface area contributed by atoms with Crippen LogP contribution in [0.1, 0.15) is 10.4 Å². The van der Waals surface area contributed by atoms with Crippen molar-refractivity contribution >= 4 is 30.5 Å². The quantitative estimate of drug-likeness (QED) is 0.536. The first-order chi connectivity index (χ1) is 8.43. The van der Waals surface area contributed by atoms with Crippen LogP contribution in [-0.4, -0.2) is 44.9 Å². The van der Waals surface area contributed by atoms with Crippen molar-refractivity contribution in [1.82, 2.24) is 4.90 Å². The van der Waals surface area contributed by atoms with E-state index in [2.05, 4.69) is 12.6 Å². The second-order valence-electron chi connectivity index (χ2n) is 3.40. The van der Waals surface area contributed by atoms with Crippen LogP contribution in [0.5, 0.6) is 0 Å². The van der Waals surface area contributed by atoms with E-state index in [9.17, 15) is 14.4 Å². The van der Waals surface area contributed by atoms with Gasteiger partial charge in [-0.3, -0.25) is 9.59 Å².